The molecule has 0 spiro atoms. The van der Waals surface area contributed by atoms with Crippen molar-refractivity contribution in [1.82, 2.24) is 0 Å². The van der Waals surface area contributed by atoms with Crippen molar-refractivity contribution in [1.29, 1.82) is 0 Å². The largest absolute Gasteiger partial charge is 0.411 e. The molecular weight excluding hydrogens is 156 g/mol. The number of ether oxygens (including phenoxy) is 1. The first-order chi connectivity index (χ1) is 3.92. The van der Waals surface area contributed by atoms with Crippen molar-refractivity contribution in [2.24, 2.45) is 0 Å². The molecular formula is C4H6ClF3O. The zero-order valence-corrected chi connectivity index (χ0v) is 5.46. The van der Waals surface area contributed by atoms with Crippen molar-refractivity contribution in [2.75, 3.05) is 6.61 Å². The zero-order valence-electron chi connectivity index (χ0n) is 4.70. The molecule has 56 valence electrons. The van der Waals surface area contributed by atoms with Crippen molar-refractivity contribution in [3.63, 3.8) is 0 Å². The van der Waals surface area contributed by atoms with Crippen molar-refractivity contribution in [2.45, 2.75) is 18.7 Å². The highest BCUT2D eigenvalue weighted by atomic mass is 35.5. The van der Waals surface area contributed by atoms with Gasteiger partial charge in [0.2, 0.25) is 0 Å². The van der Waals surface area contributed by atoms with Gasteiger partial charge in [0.1, 0.15) is 12.2 Å². The summed E-state index contributed by atoms with van der Waals surface area (Å²) in [5.41, 5.74) is -0.883. The van der Waals surface area contributed by atoms with Crippen LogP contribution < -0.4 is 0 Å². The van der Waals surface area contributed by atoms with Crippen LogP contribution in [0.5, 0.6) is 0 Å². The lowest BCUT2D eigenvalue weighted by Crippen LogP contribution is -2.18. The Kier molecular flexibility index (Phi) is 3.28. The number of rotatable bonds is 2. The molecule has 0 aromatic heterocycles. The predicted molar refractivity (Wildman–Crippen MR) is 27.3 cm³/mol. The second kappa shape index (κ2) is 3.27. The Morgan fingerprint density at radius 1 is 1.56 bits per heavy atom. The molecule has 5 heteroatoms. The highest BCUT2D eigenvalue weighted by molar-refractivity contribution is 6.19. The van der Waals surface area contributed by atoms with E-state index in [9.17, 15) is 13.2 Å². The Morgan fingerprint density at radius 3 is 2.11 bits per heavy atom. The second-order valence-corrected chi connectivity index (χ2v) is 2.08. The molecule has 0 radical (unpaired) electrons. The Morgan fingerprint density at radius 2 is 2.00 bits per heavy atom. The number of halogens is 4. The molecule has 0 N–H and O–H groups in total. The van der Waals surface area contributed by atoms with E-state index < -0.39 is 18.3 Å². The van der Waals surface area contributed by atoms with Crippen LogP contribution in [0.15, 0.2) is 0 Å². The Hall–Kier alpha value is 0.0400. The molecule has 1 unspecified atom stereocenters. The van der Waals surface area contributed by atoms with Gasteiger partial charge >= 0.3 is 6.18 Å². The molecule has 1 atom stereocenters. The summed E-state index contributed by atoms with van der Waals surface area (Å²) in [4.78, 5) is 0. The van der Waals surface area contributed by atoms with Crippen molar-refractivity contribution in [3.05, 3.63) is 0 Å². The summed E-state index contributed by atoms with van der Waals surface area (Å²) < 4.78 is 37.7. The maximum Gasteiger partial charge on any atom is 0.411 e. The summed E-state index contributed by atoms with van der Waals surface area (Å²) in [5, 5.41) is 0. The van der Waals surface area contributed by atoms with E-state index in [2.05, 4.69) is 4.74 Å². The van der Waals surface area contributed by atoms with Gasteiger partial charge in [0.15, 0.2) is 0 Å². The van der Waals surface area contributed by atoms with Gasteiger partial charge in [-0.25, -0.2) is 0 Å². The van der Waals surface area contributed by atoms with E-state index in [1.165, 1.54) is 6.92 Å². The van der Waals surface area contributed by atoms with E-state index in [-0.39, 0.29) is 0 Å². The van der Waals surface area contributed by atoms with Gasteiger partial charge in [-0.15, -0.1) is 0 Å². The Labute approximate surface area is 55.7 Å². The predicted octanol–water partition coefficient (Wildman–Crippen LogP) is 2.15. The van der Waals surface area contributed by atoms with Crippen LogP contribution in [-0.2, 0) is 4.74 Å². The molecule has 0 aliphatic rings. The topological polar surface area (TPSA) is 9.23 Å². The fourth-order valence-electron chi connectivity index (χ4n) is 0.209. The van der Waals surface area contributed by atoms with Crippen LogP contribution in [0.1, 0.15) is 6.92 Å². The molecule has 0 heterocycles. The fraction of sp³-hybridized carbons (Fsp3) is 1.00. The molecule has 0 amide bonds. The van der Waals surface area contributed by atoms with Gasteiger partial charge in [-0.2, -0.15) is 13.2 Å². The van der Waals surface area contributed by atoms with E-state index >= 15 is 0 Å². The van der Waals surface area contributed by atoms with Crippen molar-refractivity contribution >= 4 is 11.6 Å². The van der Waals surface area contributed by atoms with E-state index in [1.54, 1.807) is 0 Å². The molecule has 9 heavy (non-hydrogen) atoms. The number of hydrogen-bond donors (Lipinski definition) is 0. The summed E-state index contributed by atoms with van der Waals surface area (Å²) in [6.45, 7) is 0.0466. The monoisotopic (exact) mass is 162 g/mol. The minimum absolute atomic E-state index is 0.883. The lowest BCUT2D eigenvalue weighted by atomic mass is 10.7. The van der Waals surface area contributed by atoms with Crippen LogP contribution in [0.25, 0.3) is 0 Å². The summed E-state index contributed by atoms with van der Waals surface area (Å²) in [6.07, 6.45) is -4.27. The Balaban J connectivity index is 3.28. The SMILES string of the molecule is CC(Cl)OCC(F)(F)F. The molecule has 0 bridgehead atoms. The third kappa shape index (κ3) is 8.04. The van der Waals surface area contributed by atoms with Gasteiger partial charge in [0.05, 0.1) is 0 Å². The number of alkyl halides is 4. The first kappa shape index (κ1) is 9.04. The summed E-state index contributed by atoms with van der Waals surface area (Å²) in [6, 6.07) is 0. The molecule has 0 aromatic rings. The van der Waals surface area contributed by atoms with Crippen LogP contribution in [0.2, 0.25) is 0 Å². The van der Waals surface area contributed by atoms with Crippen molar-refractivity contribution < 1.29 is 17.9 Å². The highest BCUT2D eigenvalue weighted by Crippen LogP contribution is 2.15. The van der Waals surface area contributed by atoms with E-state index in [4.69, 9.17) is 11.6 Å². The average molecular weight is 163 g/mol. The first-order valence-electron chi connectivity index (χ1n) is 2.24. The summed E-state index contributed by atoms with van der Waals surface area (Å²) in [7, 11) is 0. The van der Waals surface area contributed by atoms with Crippen LogP contribution in [0.4, 0.5) is 13.2 Å². The van der Waals surface area contributed by atoms with Crippen LogP contribution in [-0.4, -0.2) is 18.3 Å². The first-order valence-corrected chi connectivity index (χ1v) is 2.68. The van der Waals surface area contributed by atoms with Gasteiger partial charge in [-0.3, -0.25) is 0 Å². The van der Waals surface area contributed by atoms with Crippen LogP contribution >= 0.6 is 11.6 Å². The molecule has 0 fully saturated rings. The van der Waals surface area contributed by atoms with Crippen LogP contribution in [0, 0.1) is 0 Å². The second-order valence-electron chi connectivity index (χ2n) is 1.47. The average Bonchev–Trinajstić information content (AvgIpc) is 1.59. The third-order valence-corrected chi connectivity index (χ3v) is 0.603. The molecule has 0 rings (SSSR count). The molecule has 0 saturated carbocycles. The lowest BCUT2D eigenvalue weighted by Gasteiger charge is -2.07. The molecule has 0 aliphatic heterocycles. The van der Waals surface area contributed by atoms with Gasteiger partial charge in [-0.1, -0.05) is 11.6 Å². The maximum absolute atomic E-state index is 11.2. The molecule has 0 saturated heterocycles. The van der Waals surface area contributed by atoms with Gasteiger partial charge in [0, 0.05) is 0 Å². The third-order valence-electron chi connectivity index (χ3n) is 0.477. The van der Waals surface area contributed by atoms with E-state index in [0.29, 0.717) is 0 Å². The standard InChI is InChI=1S/C4H6ClF3O/c1-3(5)9-2-4(6,7)8/h3H,2H2,1H3. The van der Waals surface area contributed by atoms with E-state index in [0.717, 1.165) is 0 Å². The van der Waals surface area contributed by atoms with E-state index in [1.807, 2.05) is 0 Å². The van der Waals surface area contributed by atoms with Crippen molar-refractivity contribution in [3.8, 4) is 0 Å². The summed E-state index contributed by atoms with van der Waals surface area (Å²) in [5.74, 6) is 0. The highest BCUT2D eigenvalue weighted by Gasteiger charge is 2.27. The van der Waals surface area contributed by atoms with Gasteiger partial charge in [-0.05, 0) is 6.92 Å². The zero-order chi connectivity index (χ0) is 7.49. The smallest absolute Gasteiger partial charge is 0.353 e. The lowest BCUT2D eigenvalue weighted by molar-refractivity contribution is -0.176. The maximum atomic E-state index is 11.2. The minimum Gasteiger partial charge on any atom is -0.353 e. The quantitative estimate of drug-likeness (QED) is 0.566. The van der Waals surface area contributed by atoms with Crippen LogP contribution in [0.3, 0.4) is 0 Å². The van der Waals surface area contributed by atoms with Gasteiger partial charge in [0.25, 0.3) is 0 Å². The Bertz CT molecular complexity index is 80.4. The minimum atomic E-state index is -4.27. The molecule has 0 aliphatic carbocycles. The summed E-state index contributed by atoms with van der Waals surface area (Å²) >= 11 is 5.06. The molecule has 1 nitrogen and oxygen atoms in total. The fourth-order valence-corrected chi connectivity index (χ4v) is 0.272. The van der Waals surface area contributed by atoms with Gasteiger partial charge < -0.3 is 4.74 Å². The molecule has 0 aromatic carbocycles. The normalized spacial score (nSPS) is 15.7. The number of hydrogen-bond acceptors (Lipinski definition) is 1.